The van der Waals surface area contributed by atoms with Gasteiger partial charge in [-0.1, -0.05) is 17.7 Å². The van der Waals surface area contributed by atoms with Crippen LogP contribution in [0.15, 0.2) is 52.7 Å². The summed E-state index contributed by atoms with van der Waals surface area (Å²) in [6.45, 7) is 4.47. The first-order valence-corrected chi connectivity index (χ1v) is 14.7. The van der Waals surface area contributed by atoms with Gasteiger partial charge in [0.1, 0.15) is 16.3 Å². The molecule has 0 bridgehead atoms. The number of aromatic nitrogens is 4. The van der Waals surface area contributed by atoms with Gasteiger partial charge in [-0.3, -0.25) is 14.2 Å². The number of amides is 1. The number of hydrogen-bond acceptors (Lipinski definition) is 9. The van der Waals surface area contributed by atoms with Gasteiger partial charge < -0.3 is 9.80 Å². The fourth-order valence-corrected chi connectivity index (χ4v) is 7.83. The molecular formula is C25H26ClN7O4S2. The molecule has 4 heterocycles. The van der Waals surface area contributed by atoms with Gasteiger partial charge in [-0.05, 0) is 37.6 Å². The number of piperazine rings is 1. The minimum atomic E-state index is -4.01. The van der Waals surface area contributed by atoms with Crippen molar-refractivity contribution in [1.82, 2.24) is 23.8 Å². The van der Waals surface area contributed by atoms with E-state index in [1.54, 1.807) is 50.6 Å². The summed E-state index contributed by atoms with van der Waals surface area (Å²) in [5.74, 6) is 0.167. The van der Waals surface area contributed by atoms with Crippen LogP contribution < -0.4 is 15.4 Å². The second-order valence-corrected chi connectivity index (χ2v) is 12.7. The van der Waals surface area contributed by atoms with E-state index < -0.39 is 15.6 Å². The Balaban J connectivity index is 1.43. The van der Waals surface area contributed by atoms with E-state index in [0.29, 0.717) is 39.5 Å². The molecule has 1 amide bonds. The van der Waals surface area contributed by atoms with Crippen LogP contribution in [0.4, 0.5) is 11.6 Å². The lowest BCUT2D eigenvalue weighted by Gasteiger charge is -2.33. The number of fused-ring (bicyclic) bond motifs is 1. The molecule has 0 radical (unpaired) electrons. The molecule has 4 aromatic rings. The summed E-state index contributed by atoms with van der Waals surface area (Å²) in [6.07, 6.45) is 4.57. The topological polar surface area (TPSA) is 122 Å². The minimum absolute atomic E-state index is 0.00297. The quantitative estimate of drug-likeness (QED) is 0.337. The Morgan fingerprint density at radius 1 is 1.10 bits per heavy atom. The Bertz CT molecular complexity index is 1720. The van der Waals surface area contributed by atoms with Crippen LogP contribution in [-0.4, -0.2) is 71.4 Å². The Morgan fingerprint density at radius 2 is 1.79 bits per heavy atom. The van der Waals surface area contributed by atoms with Gasteiger partial charge in [0.2, 0.25) is 21.9 Å². The highest BCUT2D eigenvalue weighted by molar-refractivity contribution is 7.89. The molecule has 1 aliphatic rings. The number of thiophene rings is 1. The first kappa shape index (κ1) is 27.2. The maximum atomic E-state index is 13.8. The standard InChI is InChI=1S/C25H26ClN7O4S2/c1-16-5-6-18(26)13-19(16)30(3)20(34)14-32-15-29-23-21(24(32)35)22(17(2)38-23)39(36,37)33-11-9-31(10-12-33)25-27-7-4-8-28-25/h4-8,13,15H,9-12,14H2,1-3H3. The van der Waals surface area contributed by atoms with Crippen molar-refractivity contribution in [3.8, 4) is 0 Å². The van der Waals surface area contributed by atoms with Crippen LogP contribution in [-0.2, 0) is 21.4 Å². The molecule has 39 heavy (non-hydrogen) atoms. The summed E-state index contributed by atoms with van der Waals surface area (Å²) in [6, 6.07) is 6.94. The Kier molecular flexibility index (Phi) is 7.42. The van der Waals surface area contributed by atoms with Gasteiger partial charge in [-0.2, -0.15) is 4.31 Å². The summed E-state index contributed by atoms with van der Waals surface area (Å²) >= 11 is 7.26. The predicted octanol–water partition coefficient (Wildman–Crippen LogP) is 2.69. The van der Waals surface area contributed by atoms with Gasteiger partial charge in [-0.25, -0.2) is 23.4 Å². The number of carbonyl (C=O) groups is 1. The lowest BCUT2D eigenvalue weighted by Crippen LogP contribution is -2.49. The van der Waals surface area contributed by atoms with E-state index in [9.17, 15) is 18.0 Å². The summed E-state index contributed by atoms with van der Waals surface area (Å²) in [5, 5.41) is 0.486. The smallest absolute Gasteiger partial charge is 0.263 e. The monoisotopic (exact) mass is 587 g/mol. The number of benzene rings is 1. The van der Waals surface area contributed by atoms with Crippen LogP contribution in [0.2, 0.25) is 5.02 Å². The van der Waals surface area contributed by atoms with Crippen molar-refractivity contribution in [3.05, 3.63) is 68.8 Å². The molecule has 1 aliphatic heterocycles. The number of halogens is 1. The molecule has 14 heteroatoms. The molecule has 3 aromatic heterocycles. The van der Waals surface area contributed by atoms with Gasteiger partial charge in [0, 0.05) is 61.2 Å². The van der Waals surface area contributed by atoms with Gasteiger partial charge in [0.15, 0.2) is 0 Å². The summed E-state index contributed by atoms with van der Waals surface area (Å²) in [5.41, 5.74) is 0.880. The molecule has 0 N–H and O–H groups in total. The first-order valence-electron chi connectivity index (χ1n) is 12.1. The number of aryl methyl sites for hydroxylation is 2. The van der Waals surface area contributed by atoms with Gasteiger partial charge in [-0.15, -0.1) is 11.3 Å². The Morgan fingerprint density at radius 3 is 2.49 bits per heavy atom. The molecule has 1 saturated heterocycles. The molecule has 1 fully saturated rings. The average molecular weight is 588 g/mol. The normalized spacial score (nSPS) is 14.6. The second-order valence-electron chi connectivity index (χ2n) is 9.17. The van der Waals surface area contributed by atoms with Crippen molar-refractivity contribution in [3.63, 3.8) is 0 Å². The average Bonchev–Trinajstić information content (AvgIpc) is 3.29. The van der Waals surface area contributed by atoms with Gasteiger partial charge in [0.05, 0.1) is 11.7 Å². The van der Waals surface area contributed by atoms with Crippen molar-refractivity contribution >= 4 is 60.7 Å². The van der Waals surface area contributed by atoms with E-state index >= 15 is 0 Å². The zero-order valence-electron chi connectivity index (χ0n) is 21.5. The highest BCUT2D eigenvalue weighted by Gasteiger charge is 2.34. The Hall–Kier alpha value is -3.39. The molecule has 0 saturated carbocycles. The number of anilines is 2. The van der Waals surface area contributed by atoms with Gasteiger partial charge >= 0.3 is 0 Å². The molecule has 11 nitrogen and oxygen atoms in total. The number of sulfonamides is 1. The number of likely N-dealkylation sites (N-methyl/N-ethyl adjacent to an activating group) is 1. The third-order valence-electron chi connectivity index (χ3n) is 6.68. The summed E-state index contributed by atoms with van der Waals surface area (Å²) < 4.78 is 30.1. The number of rotatable bonds is 6. The number of hydrogen-bond donors (Lipinski definition) is 0. The van der Waals surface area contributed by atoms with Crippen LogP contribution in [0, 0.1) is 13.8 Å². The molecular weight excluding hydrogens is 562 g/mol. The lowest BCUT2D eigenvalue weighted by atomic mass is 10.2. The highest BCUT2D eigenvalue weighted by atomic mass is 35.5. The second kappa shape index (κ2) is 10.6. The van der Waals surface area contributed by atoms with E-state index in [1.165, 1.54) is 15.5 Å². The van der Waals surface area contributed by atoms with E-state index in [1.807, 2.05) is 11.8 Å². The number of carbonyl (C=O) groups excluding carboxylic acids is 1. The highest BCUT2D eigenvalue weighted by Crippen LogP contribution is 2.33. The summed E-state index contributed by atoms with van der Waals surface area (Å²) in [7, 11) is -2.41. The molecule has 0 aliphatic carbocycles. The largest absolute Gasteiger partial charge is 0.338 e. The Labute approximate surface area is 234 Å². The van der Waals surface area contributed by atoms with Crippen LogP contribution >= 0.6 is 22.9 Å². The summed E-state index contributed by atoms with van der Waals surface area (Å²) in [4.78, 5) is 43.6. The van der Waals surface area contributed by atoms with Crippen LogP contribution in [0.1, 0.15) is 10.4 Å². The lowest BCUT2D eigenvalue weighted by molar-refractivity contribution is -0.118. The van der Waals surface area contributed by atoms with Crippen molar-refractivity contribution in [2.45, 2.75) is 25.3 Å². The van der Waals surface area contributed by atoms with Crippen molar-refractivity contribution in [2.75, 3.05) is 43.0 Å². The maximum absolute atomic E-state index is 13.8. The molecule has 0 spiro atoms. The van der Waals surface area contributed by atoms with Crippen LogP contribution in [0.5, 0.6) is 0 Å². The fourth-order valence-electron chi connectivity index (χ4n) is 4.58. The first-order chi connectivity index (χ1) is 18.6. The van der Waals surface area contributed by atoms with Gasteiger partial charge in [0.25, 0.3) is 5.56 Å². The fraction of sp³-hybridized carbons (Fsp3) is 0.320. The van der Waals surface area contributed by atoms with E-state index in [4.69, 9.17) is 11.6 Å². The maximum Gasteiger partial charge on any atom is 0.263 e. The predicted molar refractivity (Wildman–Crippen MR) is 151 cm³/mol. The molecule has 1 aromatic carbocycles. The molecule has 5 rings (SSSR count). The van der Waals surface area contributed by atoms with Crippen molar-refractivity contribution < 1.29 is 13.2 Å². The number of nitrogens with zero attached hydrogens (tertiary/aromatic N) is 7. The SMILES string of the molecule is Cc1ccc(Cl)cc1N(C)C(=O)Cn1cnc2sc(C)c(S(=O)(=O)N3CCN(c4ncccn4)CC3)c2c1=O. The third kappa shape index (κ3) is 5.14. The van der Waals surface area contributed by atoms with E-state index in [0.717, 1.165) is 21.5 Å². The minimum Gasteiger partial charge on any atom is -0.338 e. The van der Waals surface area contributed by atoms with Crippen LogP contribution in [0.25, 0.3) is 10.2 Å². The zero-order chi connectivity index (χ0) is 27.9. The van der Waals surface area contributed by atoms with Crippen molar-refractivity contribution in [1.29, 1.82) is 0 Å². The van der Waals surface area contributed by atoms with Crippen molar-refractivity contribution in [2.24, 2.45) is 0 Å². The van der Waals surface area contributed by atoms with Crippen LogP contribution in [0.3, 0.4) is 0 Å². The van der Waals surface area contributed by atoms with E-state index in [2.05, 4.69) is 15.0 Å². The third-order valence-corrected chi connectivity index (χ3v) is 10.1. The molecule has 0 atom stereocenters. The van der Waals surface area contributed by atoms with E-state index in [-0.39, 0.29) is 35.8 Å². The zero-order valence-corrected chi connectivity index (χ0v) is 23.9. The molecule has 204 valence electrons. The molecule has 0 unspecified atom stereocenters.